The van der Waals surface area contributed by atoms with Gasteiger partial charge in [-0.3, -0.25) is 10.2 Å². The van der Waals surface area contributed by atoms with Gasteiger partial charge in [-0.2, -0.15) is 4.68 Å². The van der Waals surface area contributed by atoms with Crippen LogP contribution in [0.3, 0.4) is 0 Å². The predicted octanol–water partition coefficient (Wildman–Crippen LogP) is -2.84. The lowest BCUT2D eigenvalue weighted by molar-refractivity contribution is -0.737. The largest absolute Gasteiger partial charge is 0.309 e. The average molecular weight is 157 g/mol. The molecule has 11 heavy (non-hydrogen) atoms. The van der Waals surface area contributed by atoms with Crippen LogP contribution in [0.5, 0.6) is 0 Å². The highest BCUT2D eigenvalue weighted by Crippen LogP contribution is 1.80. The summed E-state index contributed by atoms with van der Waals surface area (Å²) in [6.07, 6.45) is 0.128. The van der Waals surface area contributed by atoms with Gasteiger partial charge in [0.2, 0.25) is 5.91 Å². The topological polar surface area (TPSA) is 101 Å². The summed E-state index contributed by atoms with van der Waals surface area (Å²) in [6, 6.07) is 0. The molecule has 0 saturated carbocycles. The molecule has 60 valence electrons. The van der Waals surface area contributed by atoms with Gasteiger partial charge in [-0.05, 0) is 0 Å². The molecule has 0 radical (unpaired) electrons. The molecule has 4 N–H and O–H groups in total. The van der Waals surface area contributed by atoms with E-state index in [1.807, 2.05) is 5.43 Å². The van der Waals surface area contributed by atoms with Crippen molar-refractivity contribution < 1.29 is 9.48 Å². The van der Waals surface area contributed by atoms with E-state index >= 15 is 0 Å². The van der Waals surface area contributed by atoms with Crippen molar-refractivity contribution in [2.45, 2.75) is 6.42 Å². The zero-order chi connectivity index (χ0) is 8.27. The van der Waals surface area contributed by atoms with Gasteiger partial charge in [0.05, 0.1) is 7.05 Å². The fourth-order valence-electron chi connectivity index (χ4n) is 0.621. The minimum atomic E-state index is -0.297. The van der Waals surface area contributed by atoms with Crippen LogP contribution in [0.1, 0.15) is 5.82 Å². The van der Waals surface area contributed by atoms with Gasteiger partial charge in [0.15, 0.2) is 5.21 Å². The van der Waals surface area contributed by atoms with Crippen molar-refractivity contribution in [2.75, 3.05) is 0 Å². The summed E-state index contributed by atoms with van der Waals surface area (Å²) in [6.45, 7) is 0. The molecule has 0 aliphatic heterocycles. The van der Waals surface area contributed by atoms with E-state index in [2.05, 4.69) is 15.5 Å². The molecule has 0 aliphatic rings. The zero-order valence-corrected chi connectivity index (χ0v) is 6.03. The van der Waals surface area contributed by atoms with Crippen LogP contribution < -0.4 is 16.0 Å². The molecule has 0 spiro atoms. The number of hydrazine groups is 1. The maximum absolute atomic E-state index is 10.7. The first-order valence-electron chi connectivity index (χ1n) is 2.99. The fourth-order valence-corrected chi connectivity index (χ4v) is 0.621. The molecule has 7 heteroatoms. The van der Waals surface area contributed by atoms with Crippen molar-refractivity contribution in [3.63, 3.8) is 0 Å². The minimum Gasteiger partial charge on any atom is -0.294 e. The maximum Gasteiger partial charge on any atom is 0.309 e. The maximum atomic E-state index is 10.7. The lowest BCUT2D eigenvalue weighted by Crippen LogP contribution is -2.39. The number of nitrogens with zero attached hydrogens (tertiary/aromatic N) is 3. The molecule has 0 saturated heterocycles. The van der Waals surface area contributed by atoms with E-state index in [-0.39, 0.29) is 12.3 Å². The van der Waals surface area contributed by atoms with Gasteiger partial charge in [-0.25, -0.2) is 5.84 Å². The Morgan fingerprint density at radius 1 is 1.91 bits per heavy atom. The molecule has 1 rings (SSSR count). The van der Waals surface area contributed by atoms with Gasteiger partial charge in [-0.1, -0.05) is 5.21 Å². The number of carbonyl (C=O) groups is 1. The van der Waals surface area contributed by atoms with Crippen LogP contribution in [-0.2, 0) is 18.3 Å². The Bertz CT molecular complexity index is 255. The molecule has 1 heterocycles. The van der Waals surface area contributed by atoms with Crippen LogP contribution in [0.15, 0.2) is 0 Å². The Morgan fingerprint density at radius 3 is 3.09 bits per heavy atom. The van der Waals surface area contributed by atoms with Crippen LogP contribution in [0.2, 0.25) is 0 Å². The van der Waals surface area contributed by atoms with Crippen molar-refractivity contribution in [1.82, 2.24) is 21.0 Å². The Morgan fingerprint density at radius 2 is 2.64 bits per heavy atom. The van der Waals surface area contributed by atoms with E-state index in [1.54, 1.807) is 7.05 Å². The van der Waals surface area contributed by atoms with Gasteiger partial charge in [0, 0.05) is 0 Å². The molecule has 0 bridgehead atoms. The summed E-state index contributed by atoms with van der Waals surface area (Å²) < 4.78 is 1.54. The summed E-state index contributed by atoms with van der Waals surface area (Å²) >= 11 is 0. The fraction of sp³-hybridized carbons (Fsp3) is 0.500. The number of rotatable bonds is 2. The summed E-state index contributed by atoms with van der Waals surface area (Å²) in [5.41, 5.74) is 2.00. The number of tetrazole rings is 1. The Kier molecular flexibility index (Phi) is 2.12. The average Bonchev–Trinajstić information content (AvgIpc) is 2.37. The van der Waals surface area contributed by atoms with E-state index < -0.39 is 0 Å². The number of carbonyl (C=O) groups excluding carboxylic acids is 1. The van der Waals surface area contributed by atoms with E-state index in [4.69, 9.17) is 5.84 Å². The summed E-state index contributed by atoms with van der Waals surface area (Å²) in [5.74, 6) is 5.11. The van der Waals surface area contributed by atoms with E-state index in [0.717, 1.165) is 0 Å². The molecule has 0 unspecified atom stereocenters. The SMILES string of the molecule is C[n+]1[nH]nnc1CC(=O)NN. The van der Waals surface area contributed by atoms with Crippen molar-refractivity contribution in [2.24, 2.45) is 12.9 Å². The second-order valence-corrected chi connectivity index (χ2v) is 2.02. The molecule has 0 fully saturated rings. The molecule has 0 aromatic carbocycles. The number of aromatic amines is 1. The third kappa shape index (κ3) is 1.71. The van der Waals surface area contributed by atoms with Crippen LogP contribution >= 0.6 is 0 Å². The molecule has 7 nitrogen and oxygen atoms in total. The molecule has 1 aromatic heterocycles. The van der Waals surface area contributed by atoms with Crippen LogP contribution in [0, 0.1) is 0 Å². The molecule has 1 aromatic rings. The predicted molar refractivity (Wildman–Crippen MR) is 33.6 cm³/mol. The first-order valence-corrected chi connectivity index (χ1v) is 2.99. The summed E-state index contributed by atoms with van der Waals surface area (Å²) in [4.78, 5) is 10.7. The number of aromatic nitrogens is 4. The van der Waals surface area contributed by atoms with Gasteiger partial charge >= 0.3 is 5.82 Å². The molecule has 0 atom stereocenters. The van der Waals surface area contributed by atoms with Crippen molar-refractivity contribution in [1.29, 1.82) is 0 Å². The van der Waals surface area contributed by atoms with E-state index in [9.17, 15) is 4.79 Å². The number of nitrogens with two attached hydrogens (primary N) is 1. The molecular weight excluding hydrogens is 148 g/mol. The smallest absolute Gasteiger partial charge is 0.294 e. The lowest BCUT2D eigenvalue weighted by Gasteiger charge is -1.91. The van der Waals surface area contributed by atoms with Gasteiger partial charge in [0.25, 0.3) is 0 Å². The summed E-state index contributed by atoms with van der Waals surface area (Å²) in [7, 11) is 1.71. The normalized spacial score (nSPS) is 9.64. The third-order valence-corrected chi connectivity index (χ3v) is 1.23. The second kappa shape index (κ2) is 3.06. The van der Waals surface area contributed by atoms with E-state index in [1.165, 1.54) is 4.68 Å². The van der Waals surface area contributed by atoms with Crippen LogP contribution in [-0.4, -0.2) is 21.4 Å². The standard InChI is InChI=1S/C4H8N6O/c1-10-3(7-8-9-10)2-4(11)6-5/h2H2,1H3,(H3,5,6,8,9,11)/p+1. The number of H-pyrrole nitrogens is 1. The molecular formula is C4H9N6O+. The zero-order valence-electron chi connectivity index (χ0n) is 6.03. The Labute approximate surface area is 62.5 Å². The molecule has 0 aliphatic carbocycles. The monoisotopic (exact) mass is 157 g/mol. The van der Waals surface area contributed by atoms with Crippen LogP contribution in [0.25, 0.3) is 0 Å². The molecule has 1 amide bonds. The number of hydrogen-bond acceptors (Lipinski definition) is 4. The van der Waals surface area contributed by atoms with Crippen molar-refractivity contribution in [3.05, 3.63) is 5.82 Å². The van der Waals surface area contributed by atoms with E-state index in [0.29, 0.717) is 5.82 Å². The summed E-state index contributed by atoms with van der Waals surface area (Å²) in [5, 5.41) is 9.65. The highest BCUT2D eigenvalue weighted by Gasteiger charge is 2.14. The Balaban J connectivity index is 2.64. The number of hydrogen-bond donors (Lipinski definition) is 3. The van der Waals surface area contributed by atoms with Gasteiger partial charge in [0.1, 0.15) is 11.5 Å². The third-order valence-electron chi connectivity index (χ3n) is 1.23. The first-order chi connectivity index (χ1) is 5.24. The first kappa shape index (κ1) is 7.61. The number of amides is 1. The minimum absolute atomic E-state index is 0.128. The van der Waals surface area contributed by atoms with Crippen molar-refractivity contribution in [3.8, 4) is 0 Å². The second-order valence-electron chi connectivity index (χ2n) is 2.02. The quantitative estimate of drug-likeness (QED) is 0.186. The number of nitrogens with one attached hydrogen (secondary N) is 2. The van der Waals surface area contributed by atoms with Crippen LogP contribution in [0.4, 0.5) is 0 Å². The lowest BCUT2D eigenvalue weighted by atomic mass is 10.4. The van der Waals surface area contributed by atoms with Gasteiger partial charge < -0.3 is 0 Å². The van der Waals surface area contributed by atoms with Crippen molar-refractivity contribution >= 4 is 5.91 Å². The highest BCUT2D eigenvalue weighted by molar-refractivity contribution is 5.76. The van der Waals surface area contributed by atoms with Gasteiger partial charge in [-0.15, -0.1) is 0 Å². The number of aryl methyl sites for hydroxylation is 1. The highest BCUT2D eigenvalue weighted by atomic mass is 16.2. The Hall–Kier alpha value is -1.50.